The maximum Gasteiger partial charge on any atom is 0.195 e. The normalized spacial score (nSPS) is 14.9. The van der Waals surface area contributed by atoms with Gasteiger partial charge in [0.25, 0.3) is 0 Å². The predicted molar refractivity (Wildman–Crippen MR) is 74.3 cm³/mol. The van der Waals surface area contributed by atoms with E-state index >= 15 is 0 Å². The van der Waals surface area contributed by atoms with Crippen LogP contribution in [0.15, 0.2) is 24.3 Å². The van der Waals surface area contributed by atoms with E-state index in [-0.39, 0.29) is 0 Å². The van der Waals surface area contributed by atoms with Crippen molar-refractivity contribution in [1.29, 1.82) is 0 Å². The highest BCUT2D eigenvalue weighted by Crippen LogP contribution is 2.38. The summed E-state index contributed by atoms with van der Waals surface area (Å²) in [5, 5.41) is 7.28. The van der Waals surface area contributed by atoms with Gasteiger partial charge < -0.3 is 4.57 Å². The highest BCUT2D eigenvalue weighted by Gasteiger charge is 2.28. The summed E-state index contributed by atoms with van der Waals surface area (Å²) in [6.45, 7) is 3.05. The summed E-state index contributed by atoms with van der Waals surface area (Å²) < 4.78 is 2.92. The molecule has 1 saturated carbocycles. The number of benzene rings is 1. The Morgan fingerprint density at radius 3 is 3.00 bits per heavy atom. The van der Waals surface area contributed by atoms with Crippen LogP contribution >= 0.6 is 12.2 Å². The third-order valence-corrected chi connectivity index (χ3v) is 3.75. The topological polar surface area (TPSA) is 33.6 Å². The first-order chi connectivity index (χ1) is 8.74. The van der Waals surface area contributed by atoms with E-state index in [1.807, 2.05) is 0 Å². The number of aryl methyl sites for hydroxylation is 2. The molecule has 1 fully saturated rings. The lowest BCUT2D eigenvalue weighted by Gasteiger charge is -2.06. The lowest BCUT2D eigenvalue weighted by Crippen LogP contribution is -2.05. The Hall–Kier alpha value is -1.42. The summed E-state index contributed by atoms with van der Waals surface area (Å²) in [5.41, 5.74) is 2.67. The van der Waals surface area contributed by atoms with E-state index < -0.39 is 0 Å². The Kier molecular flexibility index (Phi) is 3.04. The summed E-state index contributed by atoms with van der Waals surface area (Å²) in [6.07, 6.45) is 3.52. The van der Waals surface area contributed by atoms with Crippen molar-refractivity contribution in [3.05, 3.63) is 46.0 Å². The lowest BCUT2D eigenvalue weighted by molar-refractivity contribution is 0.645. The van der Waals surface area contributed by atoms with E-state index in [2.05, 4.69) is 46.0 Å². The van der Waals surface area contributed by atoms with Gasteiger partial charge >= 0.3 is 0 Å². The minimum atomic E-state index is 0.635. The average molecular weight is 259 g/mol. The zero-order valence-electron chi connectivity index (χ0n) is 10.5. The second kappa shape index (κ2) is 4.69. The molecule has 3 rings (SSSR count). The molecule has 0 unspecified atom stereocenters. The van der Waals surface area contributed by atoms with Crippen LogP contribution in [0.5, 0.6) is 0 Å². The monoisotopic (exact) mass is 259 g/mol. The number of hydrogen-bond donors (Lipinski definition) is 1. The fraction of sp³-hybridized carbons (Fsp3) is 0.429. The summed E-state index contributed by atoms with van der Waals surface area (Å²) in [6, 6.07) is 8.65. The predicted octanol–water partition coefficient (Wildman–Crippen LogP) is 3.37. The van der Waals surface area contributed by atoms with Gasteiger partial charge in [0.2, 0.25) is 0 Å². The summed E-state index contributed by atoms with van der Waals surface area (Å²) in [7, 11) is 0. The number of nitrogens with one attached hydrogen (secondary N) is 1. The van der Waals surface area contributed by atoms with Gasteiger partial charge in [-0.2, -0.15) is 5.10 Å². The Labute approximate surface area is 112 Å². The first kappa shape index (κ1) is 11.7. The minimum absolute atomic E-state index is 0.635. The largest absolute Gasteiger partial charge is 0.304 e. The number of H-pyrrole nitrogens is 1. The molecular formula is C14H17N3S. The molecule has 0 spiro atoms. The van der Waals surface area contributed by atoms with Crippen molar-refractivity contribution >= 4 is 12.2 Å². The van der Waals surface area contributed by atoms with Crippen LogP contribution in [0.3, 0.4) is 0 Å². The molecule has 1 aromatic heterocycles. The Balaban J connectivity index is 1.77. The Morgan fingerprint density at radius 1 is 1.44 bits per heavy atom. The zero-order chi connectivity index (χ0) is 12.5. The molecule has 0 bridgehead atoms. The van der Waals surface area contributed by atoms with E-state index in [4.69, 9.17) is 12.2 Å². The van der Waals surface area contributed by atoms with Gasteiger partial charge in [-0.05, 0) is 44.0 Å². The molecule has 0 amide bonds. The molecule has 1 aliphatic carbocycles. The Bertz CT molecular complexity index is 607. The lowest BCUT2D eigenvalue weighted by atomic mass is 10.1. The van der Waals surface area contributed by atoms with Crippen LogP contribution in [-0.2, 0) is 13.0 Å². The van der Waals surface area contributed by atoms with Crippen LogP contribution < -0.4 is 0 Å². The molecule has 1 heterocycles. The molecule has 0 radical (unpaired) electrons. The second-order valence-electron chi connectivity index (χ2n) is 5.05. The van der Waals surface area contributed by atoms with Gasteiger partial charge in [0.15, 0.2) is 4.77 Å². The van der Waals surface area contributed by atoms with Gasteiger partial charge in [-0.25, -0.2) is 0 Å². The van der Waals surface area contributed by atoms with E-state index in [1.165, 1.54) is 24.0 Å². The molecule has 0 aliphatic heterocycles. The van der Waals surface area contributed by atoms with Gasteiger partial charge in [-0.3, -0.25) is 5.10 Å². The third-order valence-electron chi connectivity index (χ3n) is 3.44. The number of nitrogens with zero attached hydrogens (tertiary/aromatic N) is 2. The number of hydrogen-bond acceptors (Lipinski definition) is 2. The van der Waals surface area contributed by atoms with E-state index in [0.717, 1.165) is 23.6 Å². The maximum atomic E-state index is 5.31. The second-order valence-corrected chi connectivity index (χ2v) is 5.44. The van der Waals surface area contributed by atoms with Crippen LogP contribution in [-0.4, -0.2) is 14.8 Å². The van der Waals surface area contributed by atoms with Crippen molar-refractivity contribution in [3.63, 3.8) is 0 Å². The fourth-order valence-electron chi connectivity index (χ4n) is 2.31. The molecule has 1 N–H and O–H groups in total. The van der Waals surface area contributed by atoms with Crippen LogP contribution in [0.2, 0.25) is 0 Å². The minimum Gasteiger partial charge on any atom is -0.304 e. The fourth-order valence-corrected chi connectivity index (χ4v) is 2.54. The first-order valence-electron chi connectivity index (χ1n) is 6.44. The summed E-state index contributed by atoms with van der Waals surface area (Å²) >= 11 is 5.31. The van der Waals surface area contributed by atoms with Gasteiger partial charge in [0.05, 0.1) is 0 Å². The van der Waals surface area contributed by atoms with Gasteiger partial charge in [0, 0.05) is 12.5 Å². The first-order valence-corrected chi connectivity index (χ1v) is 6.85. The molecule has 0 saturated heterocycles. The standard InChI is InChI=1S/C14H17N3S/c1-10-3-2-4-11(9-10)7-8-17-13(12-5-6-12)15-16-14(17)18/h2-4,9,12H,5-8H2,1H3,(H,16,18). The molecule has 2 aromatic rings. The van der Waals surface area contributed by atoms with Crippen molar-refractivity contribution in [2.24, 2.45) is 0 Å². The van der Waals surface area contributed by atoms with Crippen LogP contribution in [0, 0.1) is 11.7 Å². The van der Waals surface area contributed by atoms with Gasteiger partial charge in [0.1, 0.15) is 5.82 Å². The maximum absolute atomic E-state index is 5.31. The highest BCUT2D eigenvalue weighted by molar-refractivity contribution is 7.71. The van der Waals surface area contributed by atoms with Crippen LogP contribution in [0.25, 0.3) is 0 Å². The highest BCUT2D eigenvalue weighted by atomic mass is 32.1. The van der Waals surface area contributed by atoms with Crippen molar-refractivity contribution in [3.8, 4) is 0 Å². The van der Waals surface area contributed by atoms with Crippen molar-refractivity contribution < 1.29 is 0 Å². The molecule has 4 heteroatoms. The average Bonchev–Trinajstić information content (AvgIpc) is 3.12. The molecular weight excluding hydrogens is 242 g/mol. The number of aromatic amines is 1. The summed E-state index contributed by atoms with van der Waals surface area (Å²) in [5.74, 6) is 1.78. The molecule has 1 aromatic carbocycles. The molecule has 1 aliphatic rings. The number of aromatic nitrogens is 3. The molecule has 18 heavy (non-hydrogen) atoms. The SMILES string of the molecule is Cc1cccc(CCn2c(C3CC3)n[nH]c2=S)c1. The molecule has 94 valence electrons. The van der Waals surface area contributed by atoms with E-state index in [9.17, 15) is 0 Å². The quantitative estimate of drug-likeness (QED) is 0.854. The van der Waals surface area contributed by atoms with E-state index in [1.54, 1.807) is 0 Å². The Morgan fingerprint density at radius 2 is 2.28 bits per heavy atom. The van der Waals surface area contributed by atoms with Crippen LogP contribution in [0.4, 0.5) is 0 Å². The summed E-state index contributed by atoms with van der Waals surface area (Å²) in [4.78, 5) is 0. The van der Waals surface area contributed by atoms with Crippen molar-refractivity contribution in [2.75, 3.05) is 0 Å². The van der Waals surface area contributed by atoms with Crippen molar-refractivity contribution in [2.45, 2.75) is 38.6 Å². The van der Waals surface area contributed by atoms with Gasteiger partial charge in [-0.15, -0.1) is 0 Å². The molecule has 3 nitrogen and oxygen atoms in total. The zero-order valence-corrected chi connectivity index (χ0v) is 11.3. The van der Waals surface area contributed by atoms with Gasteiger partial charge in [-0.1, -0.05) is 29.8 Å². The van der Waals surface area contributed by atoms with Crippen molar-refractivity contribution in [1.82, 2.24) is 14.8 Å². The smallest absolute Gasteiger partial charge is 0.195 e. The third kappa shape index (κ3) is 2.38. The molecule has 0 atom stereocenters. The van der Waals surface area contributed by atoms with Crippen LogP contribution in [0.1, 0.15) is 35.7 Å². The number of rotatable bonds is 4. The van der Waals surface area contributed by atoms with E-state index in [0.29, 0.717) is 5.92 Å².